The van der Waals surface area contributed by atoms with Crippen molar-refractivity contribution in [1.29, 1.82) is 0 Å². The lowest BCUT2D eigenvalue weighted by molar-refractivity contribution is 0.0607. The summed E-state index contributed by atoms with van der Waals surface area (Å²) in [4.78, 5) is 25.5. The Bertz CT molecular complexity index is 748. The molecule has 1 heterocycles. The fraction of sp³-hybridized carbons (Fsp3) is 0.294. The molecule has 0 aliphatic carbocycles. The third-order valence-electron chi connectivity index (χ3n) is 3.19. The molecule has 0 saturated carbocycles. The molecular weight excluding hydrogens is 348 g/mol. The number of urea groups is 1. The number of esters is 1. The van der Waals surface area contributed by atoms with E-state index in [-0.39, 0.29) is 5.41 Å². The van der Waals surface area contributed by atoms with Crippen LogP contribution >= 0.6 is 22.9 Å². The van der Waals surface area contributed by atoms with Crippen LogP contribution < -0.4 is 10.6 Å². The molecule has 2 rings (SSSR count). The van der Waals surface area contributed by atoms with E-state index in [9.17, 15) is 9.59 Å². The maximum atomic E-state index is 12.2. The number of hydrogen-bond donors (Lipinski definition) is 2. The van der Waals surface area contributed by atoms with Crippen LogP contribution in [0.1, 0.15) is 35.3 Å². The SMILES string of the molecule is COC(=O)c1sc(C(C)(C)C)cc1NC(=O)Nc1ccc(Cl)cc1. The number of rotatable bonds is 3. The second-order valence-corrected chi connectivity index (χ2v) is 7.67. The van der Waals surface area contributed by atoms with Crippen LogP contribution in [0.4, 0.5) is 16.2 Å². The molecule has 2 amide bonds. The van der Waals surface area contributed by atoms with Gasteiger partial charge in [-0.3, -0.25) is 0 Å². The van der Waals surface area contributed by atoms with Gasteiger partial charge in [0.25, 0.3) is 0 Å². The average molecular weight is 367 g/mol. The van der Waals surface area contributed by atoms with Crippen molar-refractivity contribution in [3.05, 3.63) is 45.1 Å². The first-order chi connectivity index (χ1) is 11.2. The summed E-state index contributed by atoms with van der Waals surface area (Å²) in [5, 5.41) is 5.99. The third-order valence-corrected chi connectivity index (χ3v) is 4.99. The Labute approximate surface area is 150 Å². The molecule has 0 aliphatic heterocycles. The Balaban J connectivity index is 2.21. The van der Waals surface area contributed by atoms with E-state index in [0.717, 1.165) is 4.88 Å². The maximum Gasteiger partial charge on any atom is 0.350 e. The van der Waals surface area contributed by atoms with Crippen molar-refractivity contribution in [1.82, 2.24) is 0 Å². The molecular formula is C17H19ClN2O3S. The Morgan fingerprint density at radius 2 is 1.75 bits per heavy atom. The molecule has 7 heteroatoms. The number of halogens is 1. The van der Waals surface area contributed by atoms with Crippen LogP contribution in [-0.2, 0) is 10.2 Å². The predicted molar refractivity (Wildman–Crippen MR) is 98.5 cm³/mol. The number of thiophene rings is 1. The first-order valence-corrected chi connectivity index (χ1v) is 8.46. The van der Waals surface area contributed by atoms with Gasteiger partial charge in [0.2, 0.25) is 0 Å². The molecule has 0 radical (unpaired) electrons. The summed E-state index contributed by atoms with van der Waals surface area (Å²) in [5.41, 5.74) is 0.894. The van der Waals surface area contributed by atoms with Crippen LogP contribution in [0.5, 0.6) is 0 Å². The topological polar surface area (TPSA) is 67.4 Å². The minimum Gasteiger partial charge on any atom is -0.465 e. The molecule has 1 aromatic heterocycles. The Morgan fingerprint density at radius 3 is 2.29 bits per heavy atom. The summed E-state index contributed by atoms with van der Waals surface area (Å²) in [6.45, 7) is 6.12. The van der Waals surface area contributed by atoms with Gasteiger partial charge in [-0.2, -0.15) is 0 Å². The molecule has 128 valence electrons. The second kappa shape index (κ2) is 7.23. The summed E-state index contributed by atoms with van der Waals surface area (Å²) in [6.07, 6.45) is 0. The van der Waals surface area contributed by atoms with Gasteiger partial charge in [0.05, 0.1) is 12.8 Å². The lowest BCUT2D eigenvalue weighted by Crippen LogP contribution is -2.20. The molecule has 0 aliphatic rings. The smallest absolute Gasteiger partial charge is 0.350 e. The zero-order valence-electron chi connectivity index (χ0n) is 13.9. The van der Waals surface area contributed by atoms with Crippen LogP contribution in [0.3, 0.4) is 0 Å². The quantitative estimate of drug-likeness (QED) is 0.740. The molecule has 0 atom stereocenters. The highest BCUT2D eigenvalue weighted by Crippen LogP contribution is 2.35. The van der Waals surface area contributed by atoms with Gasteiger partial charge in [0.1, 0.15) is 4.88 Å². The van der Waals surface area contributed by atoms with Gasteiger partial charge in [-0.05, 0) is 35.7 Å². The molecule has 2 aromatic rings. The van der Waals surface area contributed by atoms with Crippen molar-refractivity contribution < 1.29 is 14.3 Å². The number of carbonyl (C=O) groups is 2. The Hall–Kier alpha value is -2.05. The highest BCUT2D eigenvalue weighted by Gasteiger charge is 2.24. The molecule has 0 unspecified atom stereocenters. The van der Waals surface area contributed by atoms with Gasteiger partial charge >= 0.3 is 12.0 Å². The fourth-order valence-electron chi connectivity index (χ4n) is 1.92. The van der Waals surface area contributed by atoms with Crippen LogP contribution in [0.25, 0.3) is 0 Å². The van der Waals surface area contributed by atoms with Gasteiger partial charge in [-0.15, -0.1) is 11.3 Å². The number of methoxy groups -OCH3 is 1. The highest BCUT2D eigenvalue weighted by molar-refractivity contribution is 7.14. The number of ether oxygens (including phenoxy) is 1. The number of hydrogen-bond acceptors (Lipinski definition) is 4. The predicted octanol–water partition coefficient (Wildman–Crippen LogP) is 5.13. The normalized spacial score (nSPS) is 11.0. The van der Waals surface area contributed by atoms with Gasteiger partial charge in [-0.25, -0.2) is 9.59 Å². The van der Waals surface area contributed by atoms with Crippen molar-refractivity contribution >= 4 is 46.3 Å². The van der Waals surface area contributed by atoms with E-state index in [1.165, 1.54) is 18.4 Å². The van der Waals surface area contributed by atoms with E-state index in [0.29, 0.717) is 21.3 Å². The van der Waals surface area contributed by atoms with Crippen molar-refractivity contribution in [3.8, 4) is 0 Å². The lowest BCUT2D eigenvalue weighted by Gasteiger charge is -2.15. The number of anilines is 2. The van der Waals surface area contributed by atoms with E-state index < -0.39 is 12.0 Å². The second-order valence-electron chi connectivity index (χ2n) is 6.18. The van der Waals surface area contributed by atoms with Crippen LogP contribution in [0, 0.1) is 0 Å². The molecule has 0 saturated heterocycles. The minimum absolute atomic E-state index is 0.139. The largest absolute Gasteiger partial charge is 0.465 e. The number of carbonyl (C=O) groups excluding carboxylic acids is 2. The molecule has 0 spiro atoms. The van der Waals surface area contributed by atoms with Crippen molar-refractivity contribution in [2.24, 2.45) is 0 Å². The summed E-state index contributed by atoms with van der Waals surface area (Å²) in [7, 11) is 1.32. The molecule has 0 fully saturated rings. The molecule has 0 bridgehead atoms. The summed E-state index contributed by atoms with van der Waals surface area (Å²) < 4.78 is 4.80. The van der Waals surface area contributed by atoms with Crippen molar-refractivity contribution in [2.45, 2.75) is 26.2 Å². The maximum absolute atomic E-state index is 12.2. The standard InChI is InChI=1S/C17H19ClN2O3S/c1-17(2,3)13-9-12(14(24-13)15(21)23-4)20-16(22)19-11-7-5-10(18)6-8-11/h5-9H,1-4H3,(H2,19,20,22). The van der Waals surface area contributed by atoms with E-state index in [2.05, 4.69) is 10.6 Å². The Morgan fingerprint density at radius 1 is 1.12 bits per heavy atom. The van der Waals surface area contributed by atoms with Gasteiger partial charge < -0.3 is 15.4 Å². The first-order valence-electron chi connectivity index (χ1n) is 7.27. The van der Waals surface area contributed by atoms with E-state index in [1.54, 1.807) is 30.3 Å². The molecule has 24 heavy (non-hydrogen) atoms. The molecule has 5 nitrogen and oxygen atoms in total. The average Bonchev–Trinajstić information content (AvgIpc) is 2.92. The summed E-state index contributed by atoms with van der Waals surface area (Å²) in [6, 6.07) is 8.10. The number of amides is 2. The molecule has 2 N–H and O–H groups in total. The van der Waals surface area contributed by atoms with E-state index in [4.69, 9.17) is 16.3 Å². The van der Waals surface area contributed by atoms with Gasteiger partial charge in [-0.1, -0.05) is 32.4 Å². The lowest BCUT2D eigenvalue weighted by atomic mass is 9.94. The zero-order valence-corrected chi connectivity index (χ0v) is 15.5. The van der Waals surface area contributed by atoms with Crippen LogP contribution in [0.2, 0.25) is 5.02 Å². The van der Waals surface area contributed by atoms with Crippen molar-refractivity contribution in [2.75, 3.05) is 17.7 Å². The zero-order chi connectivity index (χ0) is 17.9. The monoisotopic (exact) mass is 366 g/mol. The summed E-state index contributed by atoms with van der Waals surface area (Å²) >= 11 is 7.13. The number of nitrogens with one attached hydrogen (secondary N) is 2. The summed E-state index contributed by atoms with van der Waals surface area (Å²) in [5.74, 6) is -0.475. The number of benzene rings is 1. The Kier molecular flexibility index (Phi) is 5.51. The first kappa shape index (κ1) is 18.3. The van der Waals surface area contributed by atoms with Crippen LogP contribution in [0.15, 0.2) is 30.3 Å². The fourth-order valence-corrected chi connectivity index (χ4v) is 3.13. The highest BCUT2D eigenvalue weighted by atomic mass is 35.5. The minimum atomic E-state index is -0.475. The third kappa shape index (κ3) is 4.49. The molecule has 1 aromatic carbocycles. The van der Waals surface area contributed by atoms with E-state index >= 15 is 0 Å². The van der Waals surface area contributed by atoms with E-state index in [1.807, 2.05) is 20.8 Å². The van der Waals surface area contributed by atoms with Crippen LogP contribution in [-0.4, -0.2) is 19.1 Å². The van der Waals surface area contributed by atoms with Crippen molar-refractivity contribution in [3.63, 3.8) is 0 Å². The van der Waals surface area contributed by atoms with Gasteiger partial charge in [0.15, 0.2) is 0 Å². The van der Waals surface area contributed by atoms with Gasteiger partial charge in [0, 0.05) is 15.6 Å².